The summed E-state index contributed by atoms with van der Waals surface area (Å²) in [7, 11) is 0. The highest BCUT2D eigenvalue weighted by molar-refractivity contribution is 8.16. The molecule has 2 aliphatic rings. The fourth-order valence-corrected chi connectivity index (χ4v) is 3.75. The van der Waals surface area contributed by atoms with Crippen molar-refractivity contribution in [3.8, 4) is 0 Å². The Balaban J connectivity index is 1.73. The second-order valence-corrected chi connectivity index (χ2v) is 6.53. The van der Waals surface area contributed by atoms with Crippen molar-refractivity contribution in [2.24, 2.45) is 5.10 Å². The Morgan fingerprint density at radius 1 is 1.18 bits per heavy atom. The number of benzene rings is 2. The van der Waals surface area contributed by atoms with E-state index in [4.69, 9.17) is 0 Å². The van der Waals surface area contributed by atoms with Crippen LogP contribution in [0.4, 0.5) is 10.1 Å². The number of halogens is 1. The number of hydrogen-bond acceptors (Lipinski definition) is 4. The van der Waals surface area contributed by atoms with Crippen LogP contribution in [0.1, 0.15) is 16.7 Å². The number of carbonyl (C=O) groups excluding carboxylic acids is 1. The van der Waals surface area contributed by atoms with Gasteiger partial charge in [0.2, 0.25) is 4.87 Å². The van der Waals surface area contributed by atoms with E-state index in [1.165, 1.54) is 23.9 Å². The number of nitrogens with zero attached hydrogens (tertiary/aromatic N) is 1. The molecule has 6 heteroatoms. The Morgan fingerprint density at radius 3 is 2.73 bits per heavy atom. The summed E-state index contributed by atoms with van der Waals surface area (Å²) in [6, 6.07) is 12.2. The van der Waals surface area contributed by atoms with E-state index < -0.39 is 4.87 Å². The Morgan fingerprint density at radius 2 is 1.95 bits per heavy atom. The third kappa shape index (κ3) is 1.84. The van der Waals surface area contributed by atoms with E-state index in [2.05, 4.69) is 15.8 Å². The third-order valence-corrected chi connectivity index (χ3v) is 5.12. The number of carbonyl (C=O) groups is 1. The molecule has 1 unspecified atom stereocenters. The van der Waals surface area contributed by atoms with Crippen LogP contribution in [0.15, 0.2) is 47.6 Å². The summed E-state index contributed by atoms with van der Waals surface area (Å²) in [6.07, 6.45) is 0. The van der Waals surface area contributed by atoms with Crippen LogP contribution in [0.25, 0.3) is 0 Å². The summed E-state index contributed by atoms with van der Waals surface area (Å²) >= 11 is 1.30. The standard InChI is InChI=1S/C16H12FN3OS/c1-9-2-4-10(5-3-9)14-19-20-16(22-14)12-8-11(17)6-7-13(12)18-15(16)21/h2-8,20H,1H3,(H,18,21). The minimum atomic E-state index is -1.09. The van der Waals surface area contributed by atoms with Gasteiger partial charge in [-0.15, -0.1) is 0 Å². The van der Waals surface area contributed by atoms with Gasteiger partial charge in [0.25, 0.3) is 5.91 Å². The second-order valence-electron chi connectivity index (χ2n) is 5.32. The average molecular weight is 313 g/mol. The molecule has 2 aromatic carbocycles. The predicted octanol–water partition coefficient (Wildman–Crippen LogP) is 2.94. The van der Waals surface area contributed by atoms with Gasteiger partial charge >= 0.3 is 0 Å². The van der Waals surface area contributed by atoms with Crippen LogP contribution in [0.5, 0.6) is 0 Å². The lowest BCUT2D eigenvalue weighted by Crippen LogP contribution is -2.39. The van der Waals surface area contributed by atoms with Gasteiger partial charge in [-0.2, -0.15) is 5.10 Å². The van der Waals surface area contributed by atoms with Gasteiger partial charge < -0.3 is 5.32 Å². The lowest BCUT2D eigenvalue weighted by Gasteiger charge is -2.19. The summed E-state index contributed by atoms with van der Waals surface area (Å²) in [5.41, 5.74) is 6.18. The lowest BCUT2D eigenvalue weighted by molar-refractivity contribution is -0.118. The number of fused-ring (bicyclic) bond motifs is 2. The van der Waals surface area contributed by atoms with Gasteiger partial charge in [-0.05, 0) is 25.1 Å². The largest absolute Gasteiger partial charge is 0.323 e. The zero-order chi connectivity index (χ0) is 15.3. The predicted molar refractivity (Wildman–Crippen MR) is 85.2 cm³/mol. The number of amides is 1. The quantitative estimate of drug-likeness (QED) is 0.851. The molecule has 0 saturated carbocycles. The second kappa shape index (κ2) is 4.58. The first-order valence-electron chi connectivity index (χ1n) is 6.81. The van der Waals surface area contributed by atoms with Crippen molar-refractivity contribution in [2.45, 2.75) is 11.8 Å². The van der Waals surface area contributed by atoms with E-state index in [1.807, 2.05) is 31.2 Å². The van der Waals surface area contributed by atoms with Crippen molar-refractivity contribution in [1.29, 1.82) is 0 Å². The molecular weight excluding hydrogens is 301 g/mol. The van der Waals surface area contributed by atoms with Crippen molar-refractivity contribution in [3.63, 3.8) is 0 Å². The number of anilines is 1. The molecule has 2 heterocycles. The van der Waals surface area contributed by atoms with E-state index in [0.29, 0.717) is 16.3 Å². The molecule has 0 saturated heterocycles. The van der Waals surface area contributed by atoms with E-state index in [1.54, 1.807) is 6.07 Å². The van der Waals surface area contributed by atoms with Crippen LogP contribution in [0.3, 0.4) is 0 Å². The molecule has 4 nitrogen and oxygen atoms in total. The summed E-state index contributed by atoms with van der Waals surface area (Å²) in [4.78, 5) is 11.3. The zero-order valence-electron chi connectivity index (χ0n) is 11.7. The van der Waals surface area contributed by atoms with Gasteiger partial charge in [0.15, 0.2) is 0 Å². The molecule has 0 bridgehead atoms. The first-order chi connectivity index (χ1) is 10.6. The third-order valence-electron chi connectivity index (χ3n) is 3.79. The summed E-state index contributed by atoms with van der Waals surface area (Å²) in [5.74, 6) is -0.607. The van der Waals surface area contributed by atoms with Gasteiger partial charge in [0.1, 0.15) is 10.9 Å². The van der Waals surface area contributed by atoms with Gasteiger partial charge in [-0.3, -0.25) is 10.2 Å². The van der Waals surface area contributed by atoms with Crippen molar-refractivity contribution in [3.05, 3.63) is 65.0 Å². The van der Waals surface area contributed by atoms with Crippen LogP contribution in [0.2, 0.25) is 0 Å². The molecule has 0 radical (unpaired) electrons. The zero-order valence-corrected chi connectivity index (χ0v) is 12.5. The molecule has 0 aromatic heterocycles. The number of nitrogens with one attached hydrogen (secondary N) is 2. The minimum Gasteiger partial charge on any atom is -0.323 e. The average Bonchev–Trinajstić information content (AvgIpc) is 3.06. The fourth-order valence-electron chi connectivity index (χ4n) is 2.60. The molecule has 1 atom stereocenters. The SMILES string of the molecule is Cc1ccc(C2=NNC3(S2)C(=O)Nc2ccc(F)cc23)cc1. The van der Waals surface area contributed by atoms with Gasteiger partial charge in [0.05, 0.1) is 0 Å². The summed E-state index contributed by atoms with van der Waals surface area (Å²) in [5, 5.41) is 7.79. The number of hydrazone groups is 1. The minimum absolute atomic E-state index is 0.232. The van der Waals surface area contributed by atoms with Gasteiger partial charge in [-0.1, -0.05) is 41.6 Å². The van der Waals surface area contributed by atoms with Gasteiger partial charge in [0, 0.05) is 16.8 Å². The maximum absolute atomic E-state index is 13.6. The number of aryl methyl sites for hydroxylation is 1. The van der Waals surface area contributed by atoms with E-state index >= 15 is 0 Å². The van der Waals surface area contributed by atoms with Crippen LogP contribution in [-0.4, -0.2) is 11.0 Å². The van der Waals surface area contributed by atoms with Crippen molar-refractivity contribution >= 4 is 28.4 Å². The maximum Gasteiger partial charge on any atom is 0.267 e. The molecule has 4 rings (SSSR count). The number of rotatable bonds is 1. The highest BCUT2D eigenvalue weighted by atomic mass is 32.2. The molecule has 2 aliphatic heterocycles. The highest BCUT2D eigenvalue weighted by Crippen LogP contribution is 2.48. The molecule has 1 amide bonds. The first-order valence-corrected chi connectivity index (χ1v) is 7.62. The van der Waals surface area contributed by atoms with Crippen LogP contribution in [0, 0.1) is 12.7 Å². The van der Waals surface area contributed by atoms with Crippen molar-refractivity contribution in [1.82, 2.24) is 5.43 Å². The topological polar surface area (TPSA) is 53.5 Å². The Kier molecular flexibility index (Phi) is 2.77. The lowest BCUT2D eigenvalue weighted by atomic mass is 10.1. The first kappa shape index (κ1) is 13.3. The normalized spacial score (nSPS) is 22.3. The smallest absolute Gasteiger partial charge is 0.267 e. The van der Waals surface area contributed by atoms with Crippen LogP contribution in [-0.2, 0) is 9.67 Å². The number of thioether (sulfide) groups is 1. The van der Waals surface area contributed by atoms with Crippen molar-refractivity contribution in [2.75, 3.05) is 5.32 Å². The Bertz CT molecular complexity index is 819. The van der Waals surface area contributed by atoms with Gasteiger partial charge in [-0.25, -0.2) is 4.39 Å². The number of hydrogen-bond donors (Lipinski definition) is 2. The molecule has 0 aliphatic carbocycles. The summed E-state index contributed by atoms with van der Waals surface area (Å²) in [6.45, 7) is 2.01. The molecule has 2 N–H and O–H groups in total. The van der Waals surface area contributed by atoms with Crippen LogP contribution >= 0.6 is 11.8 Å². The van der Waals surface area contributed by atoms with E-state index in [9.17, 15) is 9.18 Å². The Hall–Kier alpha value is -2.34. The van der Waals surface area contributed by atoms with E-state index in [-0.39, 0.29) is 11.7 Å². The molecular formula is C16H12FN3OS. The molecule has 2 aromatic rings. The van der Waals surface area contributed by atoms with Crippen LogP contribution < -0.4 is 10.7 Å². The fraction of sp³-hybridized carbons (Fsp3) is 0.125. The Labute approximate surface area is 130 Å². The molecule has 110 valence electrons. The highest BCUT2D eigenvalue weighted by Gasteiger charge is 2.52. The monoisotopic (exact) mass is 313 g/mol. The molecule has 0 fully saturated rings. The maximum atomic E-state index is 13.6. The van der Waals surface area contributed by atoms with Crippen molar-refractivity contribution < 1.29 is 9.18 Å². The molecule has 1 spiro atoms. The molecule has 22 heavy (non-hydrogen) atoms. The van der Waals surface area contributed by atoms with E-state index in [0.717, 1.165) is 11.1 Å². The summed E-state index contributed by atoms with van der Waals surface area (Å²) < 4.78 is 13.6.